The van der Waals surface area contributed by atoms with Crippen molar-refractivity contribution >= 4 is 11.6 Å². The summed E-state index contributed by atoms with van der Waals surface area (Å²) >= 11 is 0. The van der Waals surface area contributed by atoms with Gasteiger partial charge in [-0.2, -0.15) is 0 Å². The molecule has 0 N–H and O–H groups in total. The van der Waals surface area contributed by atoms with E-state index in [0.29, 0.717) is 11.3 Å². The number of ketones is 2. The van der Waals surface area contributed by atoms with E-state index in [1.807, 2.05) is 45.0 Å². The molecule has 2 atom stereocenters. The van der Waals surface area contributed by atoms with E-state index in [1.54, 1.807) is 13.0 Å². The number of hydrogen-bond acceptors (Lipinski definition) is 3. The van der Waals surface area contributed by atoms with E-state index in [-0.39, 0.29) is 23.6 Å². The Labute approximate surface area is 131 Å². The van der Waals surface area contributed by atoms with Gasteiger partial charge in [0.15, 0.2) is 11.6 Å². The second-order valence-corrected chi connectivity index (χ2v) is 5.95. The van der Waals surface area contributed by atoms with E-state index < -0.39 is 0 Å². The highest BCUT2D eigenvalue weighted by Gasteiger charge is 2.39. The molecule has 0 spiro atoms. The smallest absolute Gasteiger partial charge is 0.159 e. The van der Waals surface area contributed by atoms with E-state index in [0.717, 1.165) is 11.1 Å². The molecule has 1 aromatic rings. The third-order valence-electron chi connectivity index (χ3n) is 3.99. The normalized spacial score (nSPS) is 21.8. The minimum atomic E-state index is -0.300. The lowest BCUT2D eigenvalue weighted by molar-refractivity contribution is -0.114. The molecule has 0 aromatic heterocycles. The zero-order valence-corrected chi connectivity index (χ0v) is 13.8. The molecule has 0 unspecified atom stereocenters. The molecule has 0 bridgehead atoms. The second kappa shape index (κ2) is 6.30. The molecular weight excluding hydrogens is 276 g/mol. The maximum atomic E-state index is 12.1. The molecule has 0 amide bonds. The van der Waals surface area contributed by atoms with Gasteiger partial charge < -0.3 is 4.74 Å². The van der Waals surface area contributed by atoms with Crippen LogP contribution in [0.15, 0.2) is 47.2 Å². The lowest BCUT2D eigenvalue weighted by Gasteiger charge is -2.22. The monoisotopic (exact) mass is 298 g/mol. The quantitative estimate of drug-likeness (QED) is 0.792. The van der Waals surface area contributed by atoms with Crippen molar-refractivity contribution in [3.05, 3.63) is 58.4 Å². The van der Waals surface area contributed by atoms with Crippen molar-refractivity contribution in [2.45, 2.75) is 46.6 Å². The van der Waals surface area contributed by atoms with E-state index in [9.17, 15) is 9.59 Å². The van der Waals surface area contributed by atoms with Crippen LogP contribution < -0.4 is 0 Å². The summed E-state index contributed by atoms with van der Waals surface area (Å²) in [5.74, 6) is 0.493. The van der Waals surface area contributed by atoms with Crippen molar-refractivity contribution in [2.75, 3.05) is 0 Å². The Hall–Kier alpha value is -2.16. The fourth-order valence-corrected chi connectivity index (χ4v) is 3.03. The predicted molar refractivity (Wildman–Crippen MR) is 86.6 cm³/mol. The number of rotatable bonds is 4. The zero-order chi connectivity index (χ0) is 16.4. The highest BCUT2D eigenvalue weighted by Crippen LogP contribution is 2.42. The fraction of sp³-hybridized carbons (Fsp3) is 0.368. The molecule has 1 heterocycles. The largest absolute Gasteiger partial charge is 0.489 e. The molecule has 3 heteroatoms. The molecule has 116 valence electrons. The van der Waals surface area contributed by atoms with Gasteiger partial charge in [-0.25, -0.2) is 0 Å². The minimum Gasteiger partial charge on any atom is -0.489 e. The molecule has 2 rings (SSSR count). The van der Waals surface area contributed by atoms with Crippen LogP contribution in [-0.4, -0.2) is 17.7 Å². The molecule has 22 heavy (non-hydrogen) atoms. The van der Waals surface area contributed by atoms with Gasteiger partial charge >= 0.3 is 0 Å². The molecule has 3 nitrogen and oxygen atoms in total. The number of hydrogen-bond donors (Lipinski definition) is 0. The Kier molecular flexibility index (Phi) is 4.65. The summed E-state index contributed by atoms with van der Waals surface area (Å²) in [5.41, 5.74) is 3.74. The van der Waals surface area contributed by atoms with Crippen molar-refractivity contribution in [2.24, 2.45) is 0 Å². The van der Waals surface area contributed by atoms with Crippen LogP contribution in [0.5, 0.6) is 0 Å². The Balaban J connectivity index is 2.51. The number of aryl methyl sites for hydroxylation is 1. The summed E-state index contributed by atoms with van der Waals surface area (Å²) in [4.78, 5) is 23.5. The maximum Gasteiger partial charge on any atom is 0.159 e. The van der Waals surface area contributed by atoms with Crippen molar-refractivity contribution in [1.82, 2.24) is 0 Å². The van der Waals surface area contributed by atoms with E-state index in [1.165, 1.54) is 12.5 Å². The first kappa shape index (κ1) is 16.2. The first-order chi connectivity index (χ1) is 10.3. The van der Waals surface area contributed by atoms with E-state index in [2.05, 4.69) is 0 Å². The Bertz CT molecular complexity index is 662. The molecule has 0 saturated heterocycles. The van der Waals surface area contributed by atoms with Gasteiger partial charge in [-0.05, 0) is 51.8 Å². The number of allylic oxidation sites excluding steroid dienone is 2. The van der Waals surface area contributed by atoms with Crippen LogP contribution in [0.1, 0.15) is 44.7 Å². The standard InChI is InChI=1S/C19H22O3/c1-11-6-8-16(9-7-11)18-17(14(4)21)15(5)22-19(18)12(2)10-13(3)20/h6-10,18-19H,1-5H3/b12-10-/t18-,19+/m1/s1. The van der Waals surface area contributed by atoms with Crippen LogP contribution in [0.2, 0.25) is 0 Å². The van der Waals surface area contributed by atoms with Crippen LogP contribution in [-0.2, 0) is 14.3 Å². The van der Waals surface area contributed by atoms with Crippen LogP contribution >= 0.6 is 0 Å². The topological polar surface area (TPSA) is 43.4 Å². The molecule has 1 aliphatic rings. The minimum absolute atomic E-state index is 0.0150. The first-order valence-electron chi connectivity index (χ1n) is 7.45. The van der Waals surface area contributed by atoms with Gasteiger partial charge in [-0.15, -0.1) is 0 Å². The molecule has 0 saturated carbocycles. The lowest BCUT2D eigenvalue weighted by Crippen LogP contribution is -2.21. The van der Waals surface area contributed by atoms with Gasteiger partial charge in [0.1, 0.15) is 11.9 Å². The lowest BCUT2D eigenvalue weighted by atomic mass is 9.83. The third-order valence-corrected chi connectivity index (χ3v) is 3.99. The predicted octanol–water partition coefficient (Wildman–Crippen LogP) is 3.88. The van der Waals surface area contributed by atoms with Crippen LogP contribution in [0.4, 0.5) is 0 Å². The maximum absolute atomic E-state index is 12.1. The summed E-state index contributed by atoms with van der Waals surface area (Å²) in [6, 6.07) is 8.11. The van der Waals surface area contributed by atoms with E-state index in [4.69, 9.17) is 4.74 Å². The number of carbonyl (C=O) groups is 2. The highest BCUT2D eigenvalue weighted by atomic mass is 16.5. The zero-order valence-electron chi connectivity index (χ0n) is 13.8. The molecule has 0 fully saturated rings. The van der Waals surface area contributed by atoms with Gasteiger partial charge in [0.2, 0.25) is 0 Å². The average Bonchev–Trinajstić information content (AvgIpc) is 2.76. The molecule has 1 aliphatic heterocycles. The first-order valence-corrected chi connectivity index (χ1v) is 7.45. The van der Waals surface area contributed by atoms with E-state index >= 15 is 0 Å². The highest BCUT2D eigenvalue weighted by molar-refractivity contribution is 5.96. The van der Waals surface area contributed by atoms with Gasteiger partial charge in [0.05, 0.1) is 5.92 Å². The summed E-state index contributed by atoms with van der Waals surface area (Å²) in [7, 11) is 0. The number of benzene rings is 1. The summed E-state index contributed by atoms with van der Waals surface area (Å²) in [6.45, 7) is 8.81. The average molecular weight is 298 g/mol. The SMILES string of the molecule is CC(=O)/C=C(/C)[C@@H]1OC(C)=C(C(C)=O)[C@H]1c1ccc(C)cc1. The van der Waals surface area contributed by atoms with Crippen molar-refractivity contribution < 1.29 is 14.3 Å². The van der Waals surface area contributed by atoms with Gasteiger partial charge in [0, 0.05) is 5.57 Å². The molecule has 0 aliphatic carbocycles. The summed E-state index contributed by atoms with van der Waals surface area (Å²) < 4.78 is 5.93. The van der Waals surface area contributed by atoms with Crippen LogP contribution in [0.3, 0.4) is 0 Å². The van der Waals surface area contributed by atoms with Gasteiger partial charge in [-0.3, -0.25) is 9.59 Å². The molecule has 1 aromatic carbocycles. The fourth-order valence-electron chi connectivity index (χ4n) is 3.03. The van der Waals surface area contributed by atoms with Crippen LogP contribution in [0, 0.1) is 6.92 Å². The van der Waals surface area contributed by atoms with Crippen LogP contribution in [0.25, 0.3) is 0 Å². The van der Waals surface area contributed by atoms with Gasteiger partial charge in [-0.1, -0.05) is 29.8 Å². The Morgan fingerprint density at radius 3 is 2.14 bits per heavy atom. The molecular formula is C19H22O3. The third kappa shape index (κ3) is 3.19. The van der Waals surface area contributed by atoms with Crippen molar-refractivity contribution in [3.63, 3.8) is 0 Å². The molecule has 0 radical (unpaired) electrons. The second-order valence-electron chi connectivity index (χ2n) is 5.95. The number of ether oxygens (including phenoxy) is 1. The summed E-state index contributed by atoms with van der Waals surface area (Å²) in [6.07, 6.45) is 1.29. The Morgan fingerprint density at radius 2 is 1.64 bits per heavy atom. The summed E-state index contributed by atoms with van der Waals surface area (Å²) in [5, 5.41) is 0. The van der Waals surface area contributed by atoms with Crippen molar-refractivity contribution in [1.29, 1.82) is 0 Å². The number of Topliss-reactive ketones (excluding diaryl/α,β-unsaturated/α-hetero) is 1. The number of carbonyl (C=O) groups excluding carboxylic acids is 2. The van der Waals surface area contributed by atoms with Gasteiger partial charge in [0.25, 0.3) is 0 Å². The Morgan fingerprint density at radius 1 is 1.05 bits per heavy atom. The van der Waals surface area contributed by atoms with Crippen molar-refractivity contribution in [3.8, 4) is 0 Å².